The fraction of sp³-hybridized carbons (Fsp3) is 0.278. The zero-order valence-electron chi connectivity index (χ0n) is 13.9. The molecular formula is C18H19N5O. The predicted molar refractivity (Wildman–Crippen MR) is 93.8 cm³/mol. The SMILES string of the molecule is COCc1c(-c2ccnc3[nH]nc(C(C)C)c23)cnc2[nH]ccc12. The summed E-state index contributed by atoms with van der Waals surface area (Å²) in [6, 6.07) is 4.07. The minimum absolute atomic E-state index is 0.302. The van der Waals surface area contributed by atoms with Gasteiger partial charge in [-0.1, -0.05) is 13.8 Å². The maximum Gasteiger partial charge on any atom is 0.155 e. The maximum atomic E-state index is 5.46. The molecule has 0 aliphatic carbocycles. The topological polar surface area (TPSA) is 79.5 Å². The number of fused-ring (bicyclic) bond motifs is 2. The van der Waals surface area contributed by atoms with E-state index in [2.05, 4.69) is 39.0 Å². The number of aromatic amines is 2. The van der Waals surface area contributed by atoms with Gasteiger partial charge in [0, 0.05) is 36.7 Å². The molecule has 0 bridgehead atoms. The molecule has 2 N–H and O–H groups in total. The highest BCUT2D eigenvalue weighted by Gasteiger charge is 2.19. The van der Waals surface area contributed by atoms with Crippen molar-refractivity contribution in [2.45, 2.75) is 26.4 Å². The van der Waals surface area contributed by atoms with Crippen LogP contribution in [0.5, 0.6) is 0 Å². The first-order valence-corrected chi connectivity index (χ1v) is 7.98. The molecule has 0 radical (unpaired) electrons. The van der Waals surface area contributed by atoms with E-state index in [0.29, 0.717) is 12.5 Å². The van der Waals surface area contributed by atoms with Gasteiger partial charge in [0.1, 0.15) is 5.65 Å². The van der Waals surface area contributed by atoms with Crippen molar-refractivity contribution in [3.63, 3.8) is 0 Å². The van der Waals surface area contributed by atoms with Gasteiger partial charge in [-0.2, -0.15) is 5.10 Å². The highest BCUT2D eigenvalue weighted by atomic mass is 16.5. The molecule has 0 spiro atoms. The summed E-state index contributed by atoms with van der Waals surface area (Å²) >= 11 is 0. The molecule has 6 nitrogen and oxygen atoms in total. The molecule has 0 saturated carbocycles. The monoisotopic (exact) mass is 321 g/mol. The number of rotatable bonds is 4. The van der Waals surface area contributed by atoms with Gasteiger partial charge in [0.2, 0.25) is 0 Å². The van der Waals surface area contributed by atoms with Gasteiger partial charge >= 0.3 is 0 Å². The standard InChI is InChI=1S/C18H19N5O/c1-10(2)16-15-11(4-6-20-18(15)23-22-16)13-8-21-17-12(5-7-19-17)14(13)9-24-3/h4-8,10H,9H2,1-3H3,(H,19,21)(H,20,22,23). The molecule has 6 heteroatoms. The van der Waals surface area contributed by atoms with Crippen LogP contribution in [0.1, 0.15) is 31.0 Å². The first-order chi connectivity index (χ1) is 11.7. The van der Waals surface area contributed by atoms with Crippen LogP contribution in [0.15, 0.2) is 30.7 Å². The number of hydrogen-bond acceptors (Lipinski definition) is 4. The van der Waals surface area contributed by atoms with E-state index in [1.807, 2.05) is 24.5 Å². The summed E-state index contributed by atoms with van der Waals surface area (Å²) in [4.78, 5) is 12.1. The van der Waals surface area contributed by atoms with Gasteiger partial charge in [0.15, 0.2) is 5.65 Å². The molecule has 24 heavy (non-hydrogen) atoms. The maximum absolute atomic E-state index is 5.46. The van der Waals surface area contributed by atoms with Crippen molar-refractivity contribution >= 4 is 22.1 Å². The third-order valence-corrected chi connectivity index (χ3v) is 4.31. The van der Waals surface area contributed by atoms with Crippen LogP contribution in [-0.4, -0.2) is 32.3 Å². The number of nitrogens with one attached hydrogen (secondary N) is 2. The first kappa shape index (κ1) is 14.8. The fourth-order valence-electron chi connectivity index (χ4n) is 3.21. The Morgan fingerprint density at radius 3 is 2.79 bits per heavy atom. The van der Waals surface area contributed by atoms with Crippen molar-refractivity contribution in [1.29, 1.82) is 0 Å². The van der Waals surface area contributed by atoms with Gasteiger partial charge in [-0.15, -0.1) is 0 Å². The van der Waals surface area contributed by atoms with Crippen LogP contribution < -0.4 is 0 Å². The molecule has 0 aliphatic heterocycles. The molecule has 0 aliphatic rings. The van der Waals surface area contributed by atoms with Crippen molar-refractivity contribution in [3.8, 4) is 11.1 Å². The Morgan fingerprint density at radius 1 is 1.12 bits per heavy atom. The van der Waals surface area contributed by atoms with E-state index in [4.69, 9.17) is 4.74 Å². The molecular weight excluding hydrogens is 302 g/mol. The van der Waals surface area contributed by atoms with E-state index in [1.165, 1.54) is 0 Å². The van der Waals surface area contributed by atoms with Gasteiger partial charge < -0.3 is 9.72 Å². The van der Waals surface area contributed by atoms with Gasteiger partial charge in [-0.3, -0.25) is 5.10 Å². The minimum atomic E-state index is 0.302. The average molecular weight is 321 g/mol. The highest BCUT2D eigenvalue weighted by molar-refractivity contribution is 5.98. The van der Waals surface area contributed by atoms with Crippen LogP contribution in [0.4, 0.5) is 0 Å². The molecule has 0 atom stereocenters. The van der Waals surface area contributed by atoms with Crippen LogP contribution in [0.2, 0.25) is 0 Å². The molecule has 4 heterocycles. The quantitative estimate of drug-likeness (QED) is 0.599. The smallest absolute Gasteiger partial charge is 0.155 e. The van der Waals surface area contributed by atoms with Gasteiger partial charge in [0.25, 0.3) is 0 Å². The molecule has 0 amide bonds. The Labute approximate surface area is 139 Å². The van der Waals surface area contributed by atoms with Crippen LogP contribution in [0.3, 0.4) is 0 Å². The summed E-state index contributed by atoms with van der Waals surface area (Å²) in [6.07, 6.45) is 5.61. The predicted octanol–water partition coefficient (Wildman–Crippen LogP) is 3.77. The van der Waals surface area contributed by atoms with Crippen LogP contribution >= 0.6 is 0 Å². The summed E-state index contributed by atoms with van der Waals surface area (Å²) in [6.45, 7) is 4.79. The van der Waals surface area contributed by atoms with Crippen molar-refractivity contribution in [2.75, 3.05) is 7.11 Å². The second kappa shape index (κ2) is 5.72. The number of methoxy groups -OCH3 is 1. The van der Waals surface area contributed by atoms with Crippen molar-refractivity contribution < 1.29 is 4.74 Å². The third-order valence-electron chi connectivity index (χ3n) is 4.31. The summed E-state index contributed by atoms with van der Waals surface area (Å²) in [5.74, 6) is 0.302. The van der Waals surface area contributed by atoms with Crippen LogP contribution in [-0.2, 0) is 11.3 Å². The highest BCUT2D eigenvalue weighted by Crippen LogP contribution is 2.35. The lowest BCUT2D eigenvalue weighted by Gasteiger charge is -2.12. The number of aromatic nitrogens is 5. The second-order valence-electron chi connectivity index (χ2n) is 6.17. The van der Waals surface area contributed by atoms with Crippen LogP contribution in [0, 0.1) is 0 Å². The molecule has 4 rings (SSSR count). The Bertz CT molecular complexity index is 1010. The largest absolute Gasteiger partial charge is 0.380 e. The first-order valence-electron chi connectivity index (χ1n) is 7.98. The van der Waals surface area contributed by atoms with E-state index in [1.54, 1.807) is 13.3 Å². The van der Waals surface area contributed by atoms with Crippen molar-refractivity contribution in [2.24, 2.45) is 0 Å². The van der Waals surface area contributed by atoms with E-state index >= 15 is 0 Å². The number of nitrogens with zero attached hydrogens (tertiary/aromatic N) is 3. The average Bonchev–Trinajstić information content (AvgIpc) is 3.22. The summed E-state index contributed by atoms with van der Waals surface area (Å²) in [7, 11) is 1.71. The number of H-pyrrole nitrogens is 2. The second-order valence-corrected chi connectivity index (χ2v) is 6.17. The number of pyridine rings is 2. The Hall–Kier alpha value is -2.73. The van der Waals surface area contributed by atoms with E-state index in [9.17, 15) is 0 Å². The van der Waals surface area contributed by atoms with E-state index in [-0.39, 0.29) is 0 Å². The third kappa shape index (κ3) is 2.18. The summed E-state index contributed by atoms with van der Waals surface area (Å²) in [5, 5.41) is 9.64. The van der Waals surface area contributed by atoms with Gasteiger partial charge in [-0.25, -0.2) is 9.97 Å². The molecule has 0 aromatic carbocycles. The molecule has 0 saturated heterocycles. The van der Waals surface area contributed by atoms with Crippen molar-refractivity contribution in [1.82, 2.24) is 25.1 Å². The van der Waals surface area contributed by atoms with E-state index < -0.39 is 0 Å². The lowest BCUT2D eigenvalue weighted by molar-refractivity contribution is 0.186. The zero-order valence-corrected chi connectivity index (χ0v) is 13.9. The number of ether oxygens (including phenoxy) is 1. The molecule has 4 aromatic heterocycles. The summed E-state index contributed by atoms with van der Waals surface area (Å²) in [5.41, 5.74) is 5.94. The molecule has 4 aromatic rings. The fourth-order valence-corrected chi connectivity index (χ4v) is 3.21. The molecule has 0 fully saturated rings. The molecule has 0 unspecified atom stereocenters. The van der Waals surface area contributed by atoms with Gasteiger partial charge in [0.05, 0.1) is 17.7 Å². The van der Waals surface area contributed by atoms with E-state index in [0.717, 1.165) is 44.5 Å². The molecule has 122 valence electrons. The summed E-state index contributed by atoms with van der Waals surface area (Å²) < 4.78 is 5.46. The Kier molecular flexibility index (Phi) is 3.54. The number of hydrogen-bond donors (Lipinski definition) is 2. The lowest BCUT2D eigenvalue weighted by Crippen LogP contribution is -1.97. The Morgan fingerprint density at radius 2 is 2.00 bits per heavy atom. The van der Waals surface area contributed by atoms with Crippen molar-refractivity contribution in [3.05, 3.63) is 42.0 Å². The minimum Gasteiger partial charge on any atom is -0.380 e. The van der Waals surface area contributed by atoms with Gasteiger partial charge in [-0.05, 0) is 29.2 Å². The lowest BCUT2D eigenvalue weighted by atomic mass is 9.95. The Balaban J connectivity index is 2.06. The van der Waals surface area contributed by atoms with Crippen LogP contribution in [0.25, 0.3) is 33.2 Å². The zero-order chi connectivity index (χ0) is 16.7. The normalized spacial score (nSPS) is 11.8.